The second kappa shape index (κ2) is 17.0. The SMILES string of the molecule is CCCCCCCCc1ccc(-c2ccc(OC(=O)O[C@H]3CC[C@@](C#N)(CCCCCCC)CC3)cc2)cc1. The average molecular weight is 532 g/mol. The minimum absolute atomic E-state index is 0.173. The highest BCUT2D eigenvalue weighted by molar-refractivity contribution is 5.67. The van der Waals surface area contributed by atoms with Gasteiger partial charge in [-0.2, -0.15) is 5.26 Å². The van der Waals surface area contributed by atoms with Gasteiger partial charge in [-0.25, -0.2) is 4.79 Å². The highest BCUT2D eigenvalue weighted by atomic mass is 16.7. The molecule has 0 bridgehead atoms. The predicted molar refractivity (Wildman–Crippen MR) is 160 cm³/mol. The van der Waals surface area contributed by atoms with Gasteiger partial charge in [-0.15, -0.1) is 0 Å². The van der Waals surface area contributed by atoms with Crippen LogP contribution in [0.25, 0.3) is 11.1 Å². The Morgan fingerprint density at radius 2 is 1.33 bits per heavy atom. The Morgan fingerprint density at radius 1 is 0.795 bits per heavy atom. The Balaban J connectivity index is 1.39. The van der Waals surface area contributed by atoms with E-state index in [1.165, 1.54) is 69.8 Å². The lowest BCUT2D eigenvalue weighted by atomic mass is 9.71. The molecule has 2 aromatic rings. The van der Waals surface area contributed by atoms with Crippen LogP contribution in [-0.4, -0.2) is 12.3 Å². The average Bonchev–Trinajstić information content (AvgIpc) is 2.96. The highest BCUT2D eigenvalue weighted by Gasteiger charge is 2.36. The summed E-state index contributed by atoms with van der Waals surface area (Å²) in [5.41, 5.74) is 3.39. The summed E-state index contributed by atoms with van der Waals surface area (Å²) < 4.78 is 11.1. The van der Waals surface area contributed by atoms with E-state index < -0.39 is 6.16 Å². The molecule has 0 heterocycles. The van der Waals surface area contributed by atoms with Crippen molar-refractivity contribution < 1.29 is 14.3 Å². The lowest BCUT2D eigenvalue weighted by molar-refractivity contribution is 0.0236. The summed E-state index contributed by atoms with van der Waals surface area (Å²) >= 11 is 0. The third-order valence-corrected chi connectivity index (χ3v) is 8.31. The van der Waals surface area contributed by atoms with Crippen LogP contribution in [0.2, 0.25) is 0 Å². The molecule has 0 atom stereocenters. The van der Waals surface area contributed by atoms with Crippen molar-refractivity contribution in [2.45, 2.75) is 129 Å². The fourth-order valence-corrected chi connectivity index (χ4v) is 5.69. The smallest absolute Gasteiger partial charge is 0.431 e. The maximum Gasteiger partial charge on any atom is 0.514 e. The van der Waals surface area contributed by atoms with Crippen LogP contribution in [0.15, 0.2) is 48.5 Å². The molecular weight excluding hydrogens is 482 g/mol. The number of rotatable bonds is 16. The molecule has 0 radical (unpaired) electrons. The van der Waals surface area contributed by atoms with Crippen molar-refractivity contribution in [2.75, 3.05) is 0 Å². The molecule has 4 nitrogen and oxygen atoms in total. The fourth-order valence-electron chi connectivity index (χ4n) is 5.69. The Kier molecular flexibility index (Phi) is 13.4. The van der Waals surface area contributed by atoms with Gasteiger partial charge < -0.3 is 9.47 Å². The normalized spacial score (nSPS) is 18.8. The van der Waals surface area contributed by atoms with E-state index in [2.05, 4.69) is 44.2 Å². The number of nitriles is 1. The summed E-state index contributed by atoms with van der Waals surface area (Å²) in [7, 11) is 0. The van der Waals surface area contributed by atoms with Gasteiger partial charge in [0.25, 0.3) is 0 Å². The molecule has 0 saturated heterocycles. The van der Waals surface area contributed by atoms with Crippen molar-refractivity contribution in [1.29, 1.82) is 5.26 Å². The zero-order valence-electron chi connectivity index (χ0n) is 24.4. The first-order valence-corrected chi connectivity index (χ1v) is 15.6. The van der Waals surface area contributed by atoms with E-state index in [1.807, 2.05) is 24.3 Å². The van der Waals surface area contributed by atoms with Crippen LogP contribution < -0.4 is 4.74 Å². The molecule has 1 saturated carbocycles. The van der Waals surface area contributed by atoms with Gasteiger partial charge in [0.15, 0.2) is 0 Å². The van der Waals surface area contributed by atoms with Crippen LogP contribution in [0.4, 0.5) is 4.79 Å². The number of benzene rings is 2. The molecule has 1 aliphatic carbocycles. The van der Waals surface area contributed by atoms with Crippen molar-refractivity contribution in [2.24, 2.45) is 5.41 Å². The number of carbonyl (C=O) groups is 1. The van der Waals surface area contributed by atoms with Crippen molar-refractivity contribution in [1.82, 2.24) is 0 Å². The van der Waals surface area contributed by atoms with Crippen LogP contribution in [0.1, 0.15) is 122 Å². The Morgan fingerprint density at radius 3 is 1.92 bits per heavy atom. The largest absolute Gasteiger partial charge is 0.514 e. The van der Waals surface area contributed by atoms with Crippen LogP contribution in [0.3, 0.4) is 0 Å². The van der Waals surface area contributed by atoms with Gasteiger partial charge in [-0.3, -0.25) is 0 Å². The molecule has 4 heteroatoms. The van der Waals surface area contributed by atoms with E-state index >= 15 is 0 Å². The van der Waals surface area contributed by atoms with Gasteiger partial charge in [0.05, 0.1) is 11.5 Å². The summed E-state index contributed by atoms with van der Waals surface area (Å²) in [6.07, 6.45) is 18.3. The number of hydrogen-bond donors (Lipinski definition) is 0. The molecule has 1 aliphatic rings. The molecule has 0 aliphatic heterocycles. The number of aryl methyl sites for hydroxylation is 1. The zero-order valence-corrected chi connectivity index (χ0v) is 24.4. The summed E-state index contributed by atoms with van der Waals surface area (Å²) in [5.74, 6) is 0.484. The topological polar surface area (TPSA) is 59.3 Å². The summed E-state index contributed by atoms with van der Waals surface area (Å²) in [5, 5.41) is 9.81. The van der Waals surface area contributed by atoms with Crippen LogP contribution in [0, 0.1) is 16.7 Å². The molecule has 3 rings (SSSR count). The lowest BCUT2D eigenvalue weighted by Gasteiger charge is -2.34. The minimum atomic E-state index is -0.657. The van der Waals surface area contributed by atoms with Crippen LogP contribution in [0.5, 0.6) is 5.75 Å². The zero-order chi connectivity index (χ0) is 27.8. The first-order chi connectivity index (χ1) is 19.1. The maximum absolute atomic E-state index is 12.4. The van der Waals surface area contributed by atoms with E-state index in [0.29, 0.717) is 5.75 Å². The second-order valence-electron chi connectivity index (χ2n) is 11.5. The summed E-state index contributed by atoms with van der Waals surface area (Å²) in [4.78, 5) is 12.4. The third kappa shape index (κ3) is 10.7. The van der Waals surface area contributed by atoms with Gasteiger partial charge in [0.2, 0.25) is 0 Å². The quantitative estimate of drug-likeness (QED) is 0.123. The van der Waals surface area contributed by atoms with E-state index in [4.69, 9.17) is 9.47 Å². The maximum atomic E-state index is 12.4. The third-order valence-electron chi connectivity index (χ3n) is 8.31. The second-order valence-corrected chi connectivity index (χ2v) is 11.5. The van der Waals surface area contributed by atoms with E-state index in [9.17, 15) is 10.1 Å². The van der Waals surface area contributed by atoms with Gasteiger partial charge in [-0.05, 0) is 73.8 Å². The van der Waals surface area contributed by atoms with Gasteiger partial charge in [0, 0.05) is 0 Å². The lowest BCUT2D eigenvalue weighted by Crippen LogP contribution is -2.32. The van der Waals surface area contributed by atoms with E-state index in [-0.39, 0.29) is 11.5 Å². The van der Waals surface area contributed by atoms with Crippen LogP contribution in [-0.2, 0) is 11.2 Å². The molecule has 1 fully saturated rings. The molecule has 0 unspecified atom stereocenters. The molecule has 39 heavy (non-hydrogen) atoms. The van der Waals surface area contributed by atoms with Crippen molar-refractivity contribution in [3.05, 3.63) is 54.1 Å². The number of ether oxygens (including phenoxy) is 2. The van der Waals surface area contributed by atoms with Gasteiger partial charge in [-0.1, -0.05) is 114 Å². The molecule has 0 spiro atoms. The standard InChI is InChI=1S/C35H49NO3/c1-3-5-7-9-10-12-14-29-15-17-30(18-16-29)31-19-21-32(22-20-31)38-34(37)39-33-23-26-35(28-36,27-24-33)25-13-11-8-6-4-2/h15-22,33H,3-14,23-27H2,1-2H3/t33-,35-. The summed E-state index contributed by atoms with van der Waals surface area (Å²) in [6, 6.07) is 19.0. The Labute approximate surface area is 237 Å². The Bertz CT molecular complexity index is 998. The molecule has 212 valence electrons. The van der Waals surface area contributed by atoms with Gasteiger partial charge in [0.1, 0.15) is 11.9 Å². The van der Waals surface area contributed by atoms with Crippen molar-refractivity contribution in [3.63, 3.8) is 0 Å². The molecule has 0 amide bonds. The molecule has 0 N–H and O–H groups in total. The number of unbranched alkanes of at least 4 members (excludes halogenated alkanes) is 9. The number of nitrogens with zero attached hydrogens (tertiary/aromatic N) is 1. The molecule has 0 aromatic heterocycles. The van der Waals surface area contributed by atoms with Crippen molar-refractivity contribution in [3.8, 4) is 22.9 Å². The first kappa shape index (κ1) is 30.7. The van der Waals surface area contributed by atoms with E-state index in [0.717, 1.165) is 56.1 Å². The first-order valence-electron chi connectivity index (χ1n) is 15.6. The number of hydrogen-bond acceptors (Lipinski definition) is 4. The number of carbonyl (C=O) groups excluding carboxylic acids is 1. The van der Waals surface area contributed by atoms with E-state index in [1.54, 1.807) is 0 Å². The van der Waals surface area contributed by atoms with Crippen LogP contribution >= 0.6 is 0 Å². The Hall–Kier alpha value is -2.80. The van der Waals surface area contributed by atoms with Crippen molar-refractivity contribution >= 4 is 6.16 Å². The summed E-state index contributed by atoms with van der Waals surface area (Å²) in [6.45, 7) is 4.47. The predicted octanol–water partition coefficient (Wildman–Crippen LogP) is 10.6. The molecule has 2 aromatic carbocycles. The fraction of sp³-hybridized carbons (Fsp3) is 0.600. The molecular formula is C35H49NO3. The van der Waals surface area contributed by atoms with Gasteiger partial charge >= 0.3 is 6.16 Å². The minimum Gasteiger partial charge on any atom is -0.431 e. The highest BCUT2D eigenvalue weighted by Crippen LogP contribution is 2.41. The monoisotopic (exact) mass is 531 g/mol.